The summed E-state index contributed by atoms with van der Waals surface area (Å²) in [5.74, 6) is 0.741. The normalized spacial score (nSPS) is 10.1. The number of nitrogens with one attached hydrogen (secondary N) is 1. The Kier molecular flexibility index (Phi) is 4.78. The Morgan fingerprint density at radius 1 is 1.25 bits per heavy atom. The van der Waals surface area contributed by atoms with Crippen molar-refractivity contribution in [1.82, 2.24) is 0 Å². The number of hydrogen-bond donors (Lipinski definition) is 1. The van der Waals surface area contributed by atoms with E-state index < -0.39 is 4.92 Å². The second-order valence-electron chi connectivity index (χ2n) is 4.10. The van der Waals surface area contributed by atoms with Crippen molar-refractivity contribution < 1.29 is 9.66 Å². The standard InChI is InChI=1S/C14H13IN2O3/c1-16-13-7-2-10(8-14(13)17(18)19)9-20-12-5-3-11(15)4-6-12/h2-8,16H,9H2,1H3. The maximum absolute atomic E-state index is 11.0. The molecule has 2 aromatic carbocycles. The van der Waals surface area contributed by atoms with Crippen LogP contribution in [0.2, 0.25) is 0 Å². The van der Waals surface area contributed by atoms with Crippen LogP contribution in [-0.2, 0) is 6.61 Å². The second-order valence-corrected chi connectivity index (χ2v) is 5.35. The van der Waals surface area contributed by atoms with Gasteiger partial charge in [-0.3, -0.25) is 10.1 Å². The summed E-state index contributed by atoms with van der Waals surface area (Å²) < 4.78 is 6.74. The van der Waals surface area contributed by atoms with Gasteiger partial charge in [-0.15, -0.1) is 0 Å². The van der Waals surface area contributed by atoms with Crippen molar-refractivity contribution in [2.75, 3.05) is 12.4 Å². The molecular formula is C14H13IN2O3. The van der Waals surface area contributed by atoms with E-state index in [4.69, 9.17) is 4.74 Å². The van der Waals surface area contributed by atoms with Crippen molar-refractivity contribution in [2.45, 2.75) is 6.61 Å². The summed E-state index contributed by atoms with van der Waals surface area (Å²) >= 11 is 2.22. The van der Waals surface area contributed by atoms with Crippen LogP contribution < -0.4 is 10.1 Å². The molecule has 20 heavy (non-hydrogen) atoms. The number of nitrogens with zero attached hydrogens (tertiary/aromatic N) is 1. The van der Waals surface area contributed by atoms with Crippen molar-refractivity contribution >= 4 is 34.0 Å². The van der Waals surface area contributed by atoms with Crippen molar-refractivity contribution in [3.05, 3.63) is 61.7 Å². The van der Waals surface area contributed by atoms with Crippen LogP contribution in [0.3, 0.4) is 0 Å². The molecule has 2 rings (SSSR count). The van der Waals surface area contributed by atoms with Gasteiger partial charge in [0.25, 0.3) is 5.69 Å². The summed E-state index contributed by atoms with van der Waals surface area (Å²) in [4.78, 5) is 10.6. The van der Waals surface area contributed by atoms with Crippen LogP contribution >= 0.6 is 22.6 Å². The molecule has 0 aromatic heterocycles. The van der Waals surface area contributed by atoms with Gasteiger partial charge < -0.3 is 10.1 Å². The fraction of sp³-hybridized carbons (Fsp3) is 0.143. The topological polar surface area (TPSA) is 64.4 Å². The van der Waals surface area contributed by atoms with Crippen LogP contribution in [0.5, 0.6) is 5.75 Å². The lowest BCUT2D eigenvalue weighted by molar-refractivity contribution is -0.384. The van der Waals surface area contributed by atoms with E-state index in [9.17, 15) is 10.1 Å². The first-order chi connectivity index (χ1) is 9.60. The van der Waals surface area contributed by atoms with E-state index >= 15 is 0 Å². The quantitative estimate of drug-likeness (QED) is 0.484. The Labute approximate surface area is 130 Å². The van der Waals surface area contributed by atoms with Gasteiger partial charge in [0, 0.05) is 16.7 Å². The van der Waals surface area contributed by atoms with Crippen molar-refractivity contribution in [1.29, 1.82) is 0 Å². The van der Waals surface area contributed by atoms with E-state index in [1.165, 1.54) is 6.07 Å². The third-order valence-corrected chi connectivity index (χ3v) is 3.47. The third kappa shape index (κ3) is 3.60. The molecule has 0 atom stereocenters. The molecule has 0 aliphatic carbocycles. The molecule has 0 bridgehead atoms. The van der Waals surface area contributed by atoms with Gasteiger partial charge in [0.1, 0.15) is 18.0 Å². The average Bonchev–Trinajstić information content (AvgIpc) is 2.46. The zero-order chi connectivity index (χ0) is 14.5. The van der Waals surface area contributed by atoms with E-state index in [-0.39, 0.29) is 5.69 Å². The molecule has 1 N–H and O–H groups in total. The average molecular weight is 384 g/mol. The van der Waals surface area contributed by atoms with E-state index in [0.29, 0.717) is 12.3 Å². The van der Waals surface area contributed by atoms with Crippen molar-refractivity contribution in [3.8, 4) is 5.75 Å². The van der Waals surface area contributed by atoms with E-state index in [1.54, 1.807) is 13.1 Å². The molecule has 0 radical (unpaired) electrons. The Morgan fingerprint density at radius 2 is 1.95 bits per heavy atom. The van der Waals surface area contributed by atoms with Crippen LogP contribution in [0.25, 0.3) is 0 Å². The number of anilines is 1. The van der Waals surface area contributed by atoms with Crippen molar-refractivity contribution in [3.63, 3.8) is 0 Å². The van der Waals surface area contributed by atoms with Crippen LogP contribution in [0, 0.1) is 13.7 Å². The first-order valence-corrected chi connectivity index (χ1v) is 7.01. The molecular weight excluding hydrogens is 371 g/mol. The Balaban J connectivity index is 2.11. The number of nitro groups is 1. The minimum Gasteiger partial charge on any atom is -0.489 e. The highest BCUT2D eigenvalue weighted by molar-refractivity contribution is 14.1. The summed E-state index contributed by atoms with van der Waals surface area (Å²) in [6, 6.07) is 12.7. The summed E-state index contributed by atoms with van der Waals surface area (Å²) in [6.07, 6.45) is 0. The van der Waals surface area contributed by atoms with Gasteiger partial charge in [-0.2, -0.15) is 0 Å². The van der Waals surface area contributed by atoms with Crippen LogP contribution in [-0.4, -0.2) is 12.0 Å². The lowest BCUT2D eigenvalue weighted by atomic mass is 10.2. The molecule has 0 aliphatic rings. The molecule has 0 amide bonds. The maximum atomic E-state index is 11.0. The van der Waals surface area contributed by atoms with Gasteiger partial charge in [-0.1, -0.05) is 6.07 Å². The monoisotopic (exact) mass is 384 g/mol. The number of halogens is 1. The summed E-state index contributed by atoms with van der Waals surface area (Å²) in [6.45, 7) is 0.297. The van der Waals surface area contributed by atoms with Crippen LogP contribution in [0.15, 0.2) is 42.5 Å². The number of rotatable bonds is 5. The molecule has 0 heterocycles. The van der Waals surface area contributed by atoms with Crippen LogP contribution in [0.4, 0.5) is 11.4 Å². The maximum Gasteiger partial charge on any atom is 0.292 e. The highest BCUT2D eigenvalue weighted by Crippen LogP contribution is 2.25. The van der Waals surface area contributed by atoms with E-state index in [1.807, 2.05) is 30.3 Å². The van der Waals surface area contributed by atoms with E-state index in [0.717, 1.165) is 14.9 Å². The second kappa shape index (κ2) is 6.56. The smallest absolute Gasteiger partial charge is 0.292 e. The summed E-state index contributed by atoms with van der Waals surface area (Å²) in [7, 11) is 1.66. The van der Waals surface area contributed by atoms with Gasteiger partial charge in [0.2, 0.25) is 0 Å². The fourth-order valence-electron chi connectivity index (χ4n) is 1.73. The molecule has 5 nitrogen and oxygen atoms in total. The highest BCUT2D eigenvalue weighted by atomic mass is 127. The number of nitro benzene ring substituents is 1. The number of hydrogen-bond acceptors (Lipinski definition) is 4. The van der Waals surface area contributed by atoms with Gasteiger partial charge in [0.15, 0.2) is 0 Å². The predicted octanol–water partition coefficient (Wildman–Crippen LogP) is 3.82. The molecule has 0 saturated carbocycles. The zero-order valence-electron chi connectivity index (χ0n) is 10.8. The zero-order valence-corrected chi connectivity index (χ0v) is 13.0. The fourth-order valence-corrected chi connectivity index (χ4v) is 2.09. The van der Waals surface area contributed by atoms with Crippen LogP contribution in [0.1, 0.15) is 5.56 Å². The molecule has 6 heteroatoms. The largest absolute Gasteiger partial charge is 0.489 e. The first-order valence-electron chi connectivity index (χ1n) is 5.93. The van der Waals surface area contributed by atoms with Crippen molar-refractivity contribution in [2.24, 2.45) is 0 Å². The summed E-state index contributed by atoms with van der Waals surface area (Å²) in [5, 5.41) is 13.8. The lowest BCUT2D eigenvalue weighted by Crippen LogP contribution is -2.00. The van der Waals surface area contributed by atoms with Gasteiger partial charge in [-0.25, -0.2) is 0 Å². The van der Waals surface area contributed by atoms with Gasteiger partial charge in [-0.05, 0) is 58.5 Å². The highest BCUT2D eigenvalue weighted by Gasteiger charge is 2.13. The molecule has 0 spiro atoms. The van der Waals surface area contributed by atoms with Gasteiger partial charge >= 0.3 is 0 Å². The SMILES string of the molecule is CNc1ccc(COc2ccc(I)cc2)cc1[N+](=O)[O-]. The Bertz CT molecular complexity index is 614. The molecule has 104 valence electrons. The molecule has 0 unspecified atom stereocenters. The Morgan fingerprint density at radius 3 is 2.55 bits per heavy atom. The lowest BCUT2D eigenvalue weighted by Gasteiger charge is -2.08. The predicted molar refractivity (Wildman–Crippen MR) is 86.1 cm³/mol. The summed E-state index contributed by atoms with van der Waals surface area (Å²) in [5.41, 5.74) is 1.30. The Hall–Kier alpha value is -1.83. The minimum absolute atomic E-state index is 0.0520. The first kappa shape index (κ1) is 14.6. The molecule has 0 aliphatic heterocycles. The number of benzene rings is 2. The molecule has 2 aromatic rings. The minimum atomic E-state index is -0.403. The van der Waals surface area contributed by atoms with E-state index in [2.05, 4.69) is 27.9 Å². The molecule has 0 saturated heterocycles. The number of ether oxygens (including phenoxy) is 1. The van der Waals surface area contributed by atoms with Gasteiger partial charge in [0.05, 0.1) is 4.92 Å². The third-order valence-electron chi connectivity index (χ3n) is 2.75. The molecule has 0 fully saturated rings.